The molecule has 2 aliphatic carbocycles. The topological polar surface area (TPSA) is 55.8 Å². The predicted molar refractivity (Wildman–Crippen MR) is 87.8 cm³/mol. The van der Waals surface area contributed by atoms with E-state index in [0.717, 1.165) is 25.7 Å². The lowest BCUT2D eigenvalue weighted by molar-refractivity contribution is -0.140. The van der Waals surface area contributed by atoms with Gasteiger partial charge in [-0.1, -0.05) is 12.8 Å². The Hall–Kier alpha value is -0.593. The lowest BCUT2D eigenvalue weighted by Gasteiger charge is -2.49. The third-order valence-corrected chi connectivity index (χ3v) is 5.66. The van der Waals surface area contributed by atoms with Crippen LogP contribution in [0.25, 0.3) is 0 Å². The maximum Gasteiger partial charge on any atom is 0.336 e. The summed E-state index contributed by atoms with van der Waals surface area (Å²) >= 11 is 3.36. The number of esters is 1. The van der Waals surface area contributed by atoms with Gasteiger partial charge in [0.1, 0.15) is 5.76 Å². The van der Waals surface area contributed by atoms with Crippen molar-refractivity contribution in [2.75, 3.05) is 7.11 Å². The second-order valence-electron chi connectivity index (χ2n) is 6.69. The van der Waals surface area contributed by atoms with Gasteiger partial charge in [-0.15, -0.1) is 0 Å². The summed E-state index contributed by atoms with van der Waals surface area (Å²) < 4.78 is 12.0. The van der Waals surface area contributed by atoms with Crippen LogP contribution in [-0.2, 0) is 14.0 Å². The van der Waals surface area contributed by atoms with Crippen LogP contribution in [0.1, 0.15) is 25.7 Å². The fraction of sp³-hybridized carbons (Fsp3) is 0.667. The van der Waals surface area contributed by atoms with Crippen molar-refractivity contribution in [1.82, 2.24) is 0 Å². The molecular weight excluding hydrogens is 352 g/mol. The van der Waals surface area contributed by atoms with Gasteiger partial charge in [0.15, 0.2) is 8.32 Å². The molecule has 1 saturated carbocycles. The Morgan fingerprint density at radius 1 is 1.43 bits per heavy atom. The number of aliphatic hydroxyl groups excluding tert-OH is 1. The molecule has 2 rings (SSSR count). The van der Waals surface area contributed by atoms with Crippen LogP contribution in [0.5, 0.6) is 0 Å². The van der Waals surface area contributed by atoms with Crippen LogP contribution < -0.4 is 0 Å². The molecule has 0 radical (unpaired) electrons. The Morgan fingerprint density at radius 3 is 2.67 bits per heavy atom. The van der Waals surface area contributed by atoms with Crippen molar-refractivity contribution in [2.45, 2.75) is 50.9 Å². The molecule has 1 unspecified atom stereocenters. The highest BCUT2D eigenvalue weighted by Crippen LogP contribution is 2.50. The summed E-state index contributed by atoms with van der Waals surface area (Å²) in [4.78, 5) is 12.3. The standard InChI is InChI=1S/C15H23BrO4Si/c1-19-14(18)11-9-12(16)13(17)10-7-5-6-8-15(10,11)20-21(2,3)4/h9-10,17H,5-8H2,1-4H3/t10?,15-/m0/s1. The summed E-state index contributed by atoms with van der Waals surface area (Å²) in [5.74, 6) is -0.253. The fourth-order valence-corrected chi connectivity index (χ4v) is 5.33. The van der Waals surface area contributed by atoms with E-state index in [9.17, 15) is 9.90 Å². The van der Waals surface area contributed by atoms with Crippen molar-refractivity contribution < 1.29 is 19.1 Å². The number of fused-ring (bicyclic) bond motifs is 1. The van der Waals surface area contributed by atoms with Gasteiger partial charge in [0.2, 0.25) is 0 Å². The zero-order chi connectivity index (χ0) is 15.8. The van der Waals surface area contributed by atoms with E-state index in [2.05, 4.69) is 35.6 Å². The van der Waals surface area contributed by atoms with Crippen molar-refractivity contribution >= 4 is 30.2 Å². The summed E-state index contributed by atoms with van der Waals surface area (Å²) in [7, 11) is -0.528. The number of carbonyl (C=O) groups is 1. The molecule has 0 amide bonds. The van der Waals surface area contributed by atoms with Gasteiger partial charge in [-0.25, -0.2) is 4.79 Å². The molecule has 0 bridgehead atoms. The zero-order valence-corrected chi connectivity index (χ0v) is 15.6. The van der Waals surface area contributed by atoms with Gasteiger partial charge in [0, 0.05) is 5.92 Å². The number of halogens is 1. The number of allylic oxidation sites excluding steroid dienone is 2. The molecule has 118 valence electrons. The first-order valence-corrected chi connectivity index (χ1v) is 11.5. The highest BCUT2D eigenvalue weighted by molar-refractivity contribution is 9.11. The first-order valence-electron chi connectivity index (χ1n) is 7.30. The third-order valence-electron chi connectivity index (χ3n) is 4.05. The second-order valence-corrected chi connectivity index (χ2v) is 12.0. The number of methoxy groups -OCH3 is 1. The third kappa shape index (κ3) is 3.12. The van der Waals surface area contributed by atoms with Gasteiger partial charge in [-0.2, -0.15) is 0 Å². The molecule has 0 aliphatic heterocycles. The van der Waals surface area contributed by atoms with Crippen LogP contribution in [0.3, 0.4) is 0 Å². The van der Waals surface area contributed by atoms with Gasteiger partial charge in [-0.3, -0.25) is 0 Å². The molecule has 0 spiro atoms. The van der Waals surface area contributed by atoms with E-state index in [1.165, 1.54) is 7.11 Å². The van der Waals surface area contributed by atoms with Gasteiger partial charge in [0.05, 0.1) is 22.8 Å². The van der Waals surface area contributed by atoms with E-state index in [1.807, 2.05) is 0 Å². The minimum absolute atomic E-state index is 0.175. The van der Waals surface area contributed by atoms with E-state index >= 15 is 0 Å². The van der Waals surface area contributed by atoms with Gasteiger partial charge in [-0.05, 0) is 54.5 Å². The Labute approximate surface area is 135 Å². The van der Waals surface area contributed by atoms with Crippen LogP contribution in [0.4, 0.5) is 0 Å². The van der Waals surface area contributed by atoms with Crippen LogP contribution in [0.2, 0.25) is 19.6 Å². The minimum Gasteiger partial charge on any atom is -0.511 e. The number of hydrogen-bond acceptors (Lipinski definition) is 4. The van der Waals surface area contributed by atoms with Crippen molar-refractivity contribution in [2.24, 2.45) is 5.92 Å². The Bertz CT molecular complexity index is 506. The maximum atomic E-state index is 12.3. The van der Waals surface area contributed by atoms with Crippen molar-refractivity contribution in [3.8, 4) is 0 Å². The Kier molecular flexibility index (Phi) is 4.71. The van der Waals surface area contributed by atoms with E-state index in [-0.39, 0.29) is 11.9 Å². The summed E-state index contributed by atoms with van der Waals surface area (Å²) in [6.45, 7) is 6.31. The Morgan fingerprint density at radius 2 is 2.10 bits per heavy atom. The molecule has 6 heteroatoms. The summed E-state index contributed by atoms with van der Waals surface area (Å²) in [5, 5.41) is 10.5. The molecule has 2 atom stereocenters. The van der Waals surface area contributed by atoms with Gasteiger partial charge >= 0.3 is 5.97 Å². The second kappa shape index (κ2) is 5.89. The van der Waals surface area contributed by atoms with E-state index in [1.54, 1.807) is 6.08 Å². The molecular formula is C15H23BrO4Si. The zero-order valence-electron chi connectivity index (χ0n) is 13.0. The molecule has 2 aliphatic rings. The molecule has 0 aromatic rings. The summed E-state index contributed by atoms with van der Waals surface area (Å²) in [6.07, 6.45) is 5.25. The predicted octanol–water partition coefficient (Wildman–Crippen LogP) is 4.04. The van der Waals surface area contributed by atoms with Crippen LogP contribution in [0, 0.1) is 5.92 Å². The molecule has 0 aromatic carbocycles. The summed E-state index contributed by atoms with van der Waals surface area (Å²) in [6, 6.07) is 0. The largest absolute Gasteiger partial charge is 0.511 e. The first-order chi connectivity index (χ1) is 9.71. The van der Waals surface area contributed by atoms with Crippen LogP contribution >= 0.6 is 15.9 Å². The molecule has 0 aromatic heterocycles. The minimum atomic E-state index is -1.91. The van der Waals surface area contributed by atoms with E-state index in [0.29, 0.717) is 15.8 Å². The maximum absolute atomic E-state index is 12.3. The molecule has 1 N–H and O–H groups in total. The molecule has 1 fully saturated rings. The van der Waals surface area contributed by atoms with Gasteiger partial charge in [0.25, 0.3) is 0 Å². The normalized spacial score (nSPS) is 29.8. The van der Waals surface area contributed by atoms with Gasteiger partial charge < -0.3 is 14.3 Å². The molecule has 21 heavy (non-hydrogen) atoms. The highest BCUT2D eigenvalue weighted by atomic mass is 79.9. The number of carbonyl (C=O) groups excluding carboxylic acids is 1. The first kappa shape index (κ1) is 16.8. The quantitative estimate of drug-likeness (QED) is 0.597. The number of rotatable bonds is 3. The smallest absolute Gasteiger partial charge is 0.336 e. The van der Waals surface area contributed by atoms with Crippen LogP contribution in [-0.4, -0.2) is 32.1 Å². The fourth-order valence-electron chi connectivity index (χ4n) is 3.38. The SMILES string of the molecule is COC(=O)C1=CC(Br)=C(O)C2CCCC[C@@]12O[Si](C)(C)C. The number of aliphatic hydroxyl groups is 1. The van der Waals surface area contributed by atoms with Crippen molar-refractivity contribution in [3.63, 3.8) is 0 Å². The average molecular weight is 375 g/mol. The molecule has 0 saturated heterocycles. The lowest BCUT2D eigenvalue weighted by atomic mass is 9.68. The number of hydrogen-bond donors (Lipinski definition) is 1. The monoisotopic (exact) mass is 374 g/mol. The Balaban J connectivity index is 2.56. The highest BCUT2D eigenvalue weighted by Gasteiger charge is 2.53. The van der Waals surface area contributed by atoms with Crippen molar-refractivity contribution in [1.29, 1.82) is 0 Å². The van der Waals surface area contributed by atoms with E-state index in [4.69, 9.17) is 9.16 Å². The molecule has 0 heterocycles. The van der Waals surface area contributed by atoms with E-state index < -0.39 is 13.9 Å². The summed E-state index contributed by atoms with van der Waals surface area (Å²) in [5.41, 5.74) is -0.209. The molecule has 4 nitrogen and oxygen atoms in total. The number of ether oxygens (including phenoxy) is 1. The average Bonchev–Trinajstić information content (AvgIpc) is 2.40. The lowest BCUT2D eigenvalue weighted by Crippen LogP contribution is -2.54. The van der Waals surface area contributed by atoms with Crippen molar-refractivity contribution in [3.05, 3.63) is 21.9 Å². The van der Waals surface area contributed by atoms with Crippen LogP contribution in [0.15, 0.2) is 21.9 Å².